The van der Waals surface area contributed by atoms with Crippen LogP contribution in [0, 0.1) is 3.57 Å². The number of hydrogen-bond acceptors (Lipinski definition) is 2. The van der Waals surface area contributed by atoms with Crippen molar-refractivity contribution in [3.8, 4) is 11.4 Å². The normalized spacial score (nSPS) is 12.0. The van der Waals surface area contributed by atoms with Crippen molar-refractivity contribution in [1.29, 1.82) is 0 Å². The Balaban J connectivity index is 2.15. The van der Waals surface area contributed by atoms with Gasteiger partial charge >= 0.3 is 6.18 Å². The molecule has 0 fully saturated rings. The van der Waals surface area contributed by atoms with Crippen LogP contribution < -0.4 is 5.73 Å². The predicted octanol–water partition coefficient (Wildman–Crippen LogP) is 4.44. The molecular weight excluding hydrogens is 394 g/mol. The number of nitrogens with one attached hydrogen (secondary N) is 1. The summed E-state index contributed by atoms with van der Waals surface area (Å²) >= 11 is 2.14. The summed E-state index contributed by atoms with van der Waals surface area (Å²) in [6.45, 7) is 0. The summed E-state index contributed by atoms with van der Waals surface area (Å²) < 4.78 is 39.1. The summed E-state index contributed by atoms with van der Waals surface area (Å²) in [5.41, 5.74) is 7.18. The molecule has 0 atom stereocenters. The lowest BCUT2D eigenvalue weighted by Crippen LogP contribution is -2.04. The Morgan fingerprint density at radius 2 is 1.86 bits per heavy atom. The highest BCUT2D eigenvalue weighted by Crippen LogP contribution is 2.32. The lowest BCUT2D eigenvalue weighted by atomic mass is 10.2. The fraction of sp³-hybridized carbons (Fsp3) is 0.0714. The Morgan fingerprint density at radius 3 is 2.57 bits per heavy atom. The highest BCUT2D eigenvalue weighted by atomic mass is 127. The maximum absolute atomic E-state index is 12.7. The molecule has 0 saturated heterocycles. The lowest BCUT2D eigenvalue weighted by molar-refractivity contribution is -0.137. The fourth-order valence-corrected chi connectivity index (χ4v) is 2.54. The van der Waals surface area contributed by atoms with E-state index < -0.39 is 11.7 Å². The number of benzene rings is 2. The van der Waals surface area contributed by atoms with E-state index in [9.17, 15) is 13.2 Å². The Morgan fingerprint density at radius 1 is 1.10 bits per heavy atom. The van der Waals surface area contributed by atoms with Gasteiger partial charge in [-0.2, -0.15) is 13.2 Å². The molecule has 0 spiro atoms. The van der Waals surface area contributed by atoms with Crippen molar-refractivity contribution in [1.82, 2.24) is 9.97 Å². The molecule has 108 valence electrons. The van der Waals surface area contributed by atoms with E-state index in [1.54, 1.807) is 6.07 Å². The number of rotatable bonds is 1. The molecule has 2 aromatic carbocycles. The predicted molar refractivity (Wildman–Crippen MR) is 83.7 cm³/mol. The van der Waals surface area contributed by atoms with Crippen LogP contribution in [0.15, 0.2) is 36.4 Å². The fourth-order valence-electron chi connectivity index (χ4n) is 2.05. The van der Waals surface area contributed by atoms with Crippen molar-refractivity contribution in [2.75, 3.05) is 5.73 Å². The van der Waals surface area contributed by atoms with Gasteiger partial charge in [0.15, 0.2) is 0 Å². The van der Waals surface area contributed by atoms with Crippen LogP contribution in [0.1, 0.15) is 5.56 Å². The molecule has 3 aromatic rings. The van der Waals surface area contributed by atoms with Gasteiger partial charge in [-0.05, 0) is 59.0 Å². The van der Waals surface area contributed by atoms with E-state index in [-0.39, 0.29) is 0 Å². The number of H-pyrrole nitrogens is 1. The van der Waals surface area contributed by atoms with Gasteiger partial charge in [-0.15, -0.1) is 0 Å². The van der Waals surface area contributed by atoms with Gasteiger partial charge < -0.3 is 10.7 Å². The first-order valence-electron chi connectivity index (χ1n) is 5.97. The highest BCUT2D eigenvalue weighted by molar-refractivity contribution is 14.1. The van der Waals surface area contributed by atoms with Gasteiger partial charge in [-0.1, -0.05) is 0 Å². The van der Waals surface area contributed by atoms with Crippen LogP contribution in [0.5, 0.6) is 0 Å². The van der Waals surface area contributed by atoms with Crippen molar-refractivity contribution >= 4 is 39.3 Å². The van der Waals surface area contributed by atoms with Crippen LogP contribution in [-0.2, 0) is 6.18 Å². The number of alkyl halides is 3. The first kappa shape index (κ1) is 14.2. The minimum absolute atomic E-state index is 0.332. The van der Waals surface area contributed by atoms with Crippen molar-refractivity contribution < 1.29 is 13.2 Å². The van der Waals surface area contributed by atoms with Gasteiger partial charge in [-0.3, -0.25) is 0 Å². The molecule has 0 aliphatic heterocycles. The number of fused-ring (bicyclic) bond motifs is 1. The zero-order valence-electron chi connectivity index (χ0n) is 10.5. The Bertz CT molecular complexity index is 824. The van der Waals surface area contributed by atoms with E-state index in [2.05, 4.69) is 32.6 Å². The highest BCUT2D eigenvalue weighted by Gasteiger charge is 2.30. The van der Waals surface area contributed by atoms with Gasteiger partial charge in [0.05, 0.1) is 16.6 Å². The molecule has 0 aliphatic rings. The van der Waals surface area contributed by atoms with Crippen molar-refractivity contribution in [3.05, 3.63) is 45.5 Å². The third-order valence-corrected chi connectivity index (χ3v) is 3.75. The van der Waals surface area contributed by atoms with Crippen molar-refractivity contribution in [2.24, 2.45) is 0 Å². The van der Waals surface area contributed by atoms with Gasteiger partial charge in [0.25, 0.3) is 0 Å². The SMILES string of the molecule is Nc1ccc(I)cc1-c1nc2ccc(C(F)(F)F)cc2[nH]1. The second-order valence-electron chi connectivity index (χ2n) is 4.55. The number of anilines is 1. The molecule has 3 N–H and O–H groups in total. The third-order valence-electron chi connectivity index (χ3n) is 3.08. The molecule has 7 heteroatoms. The monoisotopic (exact) mass is 403 g/mol. The molecule has 1 heterocycles. The van der Waals surface area contributed by atoms with Crippen LogP contribution in [0.3, 0.4) is 0 Å². The number of imidazole rings is 1. The standard InChI is InChI=1S/C14H9F3IN3/c15-14(16,17)7-1-4-11-12(5-7)21-13(20-11)9-6-8(18)2-3-10(9)19/h1-6H,19H2,(H,20,21). The summed E-state index contributed by atoms with van der Waals surface area (Å²) in [6, 6.07) is 8.84. The first-order valence-corrected chi connectivity index (χ1v) is 7.05. The molecule has 21 heavy (non-hydrogen) atoms. The van der Waals surface area contributed by atoms with Crippen LogP contribution in [-0.4, -0.2) is 9.97 Å². The topological polar surface area (TPSA) is 54.7 Å². The Kier molecular flexibility index (Phi) is 3.31. The van der Waals surface area contributed by atoms with Crippen LogP contribution in [0.2, 0.25) is 0 Å². The smallest absolute Gasteiger partial charge is 0.398 e. The molecule has 0 radical (unpaired) electrons. The molecule has 0 aliphatic carbocycles. The molecule has 0 saturated carbocycles. The average molecular weight is 403 g/mol. The second-order valence-corrected chi connectivity index (χ2v) is 5.79. The maximum atomic E-state index is 12.7. The maximum Gasteiger partial charge on any atom is 0.416 e. The minimum atomic E-state index is -4.37. The molecule has 0 amide bonds. The lowest BCUT2D eigenvalue weighted by Gasteiger charge is -2.05. The van der Waals surface area contributed by atoms with E-state index in [1.165, 1.54) is 6.07 Å². The molecule has 0 bridgehead atoms. The number of hydrogen-bond donors (Lipinski definition) is 2. The zero-order valence-corrected chi connectivity index (χ0v) is 12.7. The summed E-state index contributed by atoms with van der Waals surface area (Å²) in [5, 5.41) is 0. The van der Waals surface area contributed by atoms with Crippen molar-refractivity contribution in [2.45, 2.75) is 6.18 Å². The first-order chi connectivity index (χ1) is 9.84. The number of aromatic nitrogens is 2. The zero-order chi connectivity index (χ0) is 15.2. The van der Waals surface area contributed by atoms with E-state index in [0.29, 0.717) is 28.1 Å². The van der Waals surface area contributed by atoms with Gasteiger partial charge in [0.2, 0.25) is 0 Å². The number of nitrogens with zero attached hydrogens (tertiary/aromatic N) is 1. The van der Waals surface area contributed by atoms with Crippen LogP contribution in [0.4, 0.5) is 18.9 Å². The van der Waals surface area contributed by atoms with Gasteiger partial charge in [-0.25, -0.2) is 4.98 Å². The van der Waals surface area contributed by atoms with Crippen molar-refractivity contribution in [3.63, 3.8) is 0 Å². The summed E-state index contributed by atoms with van der Waals surface area (Å²) in [6.07, 6.45) is -4.37. The number of nitrogen functional groups attached to an aromatic ring is 1. The Labute approximate surface area is 131 Å². The summed E-state index contributed by atoms with van der Waals surface area (Å²) in [5.74, 6) is 0.459. The van der Waals surface area contributed by atoms with Gasteiger partial charge in [0.1, 0.15) is 5.82 Å². The largest absolute Gasteiger partial charge is 0.416 e. The molecule has 3 rings (SSSR count). The molecule has 1 aromatic heterocycles. The Hall–Kier alpha value is -1.77. The summed E-state index contributed by atoms with van der Waals surface area (Å²) in [4.78, 5) is 7.20. The molecular formula is C14H9F3IN3. The molecule has 0 unspecified atom stereocenters. The molecule has 3 nitrogen and oxygen atoms in total. The second kappa shape index (κ2) is 4.90. The van der Waals surface area contributed by atoms with E-state index >= 15 is 0 Å². The van der Waals surface area contributed by atoms with E-state index in [4.69, 9.17) is 5.73 Å². The minimum Gasteiger partial charge on any atom is -0.398 e. The van der Waals surface area contributed by atoms with Crippen LogP contribution >= 0.6 is 22.6 Å². The number of halogens is 4. The summed E-state index contributed by atoms with van der Waals surface area (Å²) in [7, 11) is 0. The third kappa shape index (κ3) is 2.69. The van der Waals surface area contributed by atoms with Crippen LogP contribution in [0.25, 0.3) is 22.4 Å². The number of nitrogens with two attached hydrogens (primary N) is 1. The quantitative estimate of drug-likeness (QED) is 0.467. The van der Waals surface area contributed by atoms with E-state index in [1.807, 2.05) is 12.1 Å². The number of aromatic amines is 1. The average Bonchev–Trinajstić information content (AvgIpc) is 2.83. The van der Waals surface area contributed by atoms with E-state index in [0.717, 1.165) is 15.7 Å². The van der Waals surface area contributed by atoms with Gasteiger partial charge in [0, 0.05) is 14.8 Å².